The molecule has 0 spiro atoms. The van der Waals surface area contributed by atoms with E-state index in [1.54, 1.807) is 11.8 Å². The zero-order valence-electron chi connectivity index (χ0n) is 7.56. The van der Waals surface area contributed by atoms with Gasteiger partial charge in [-0.05, 0) is 11.5 Å². The lowest BCUT2D eigenvalue weighted by Crippen LogP contribution is -1.92. The summed E-state index contributed by atoms with van der Waals surface area (Å²) in [5.41, 5.74) is 5.31. The molecular weight excluding hydrogens is 202 g/mol. The van der Waals surface area contributed by atoms with Crippen molar-refractivity contribution in [2.45, 2.75) is 17.7 Å². The number of aryl methyl sites for hydroxylation is 1. The van der Waals surface area contributed by atoms with Crippen LogP contribution in [0.3, 0.4) is 0 Å². The van der Waals surface area contributed by atoms with E-state index in [1.807, 2.05) is 6.08 Å². The molecule has 0 unspecified atom stereocenters. The molecule has 1 heterocycles. The third-order valence-electron chi connectivity index (χ3n) is 1.37. The van der Waals surface area contributed by atoms with Crippen LogP contribution in [-0.4, -0.2) is 21.7 Å². The van der Waals surface area contributed by atoms with Crippen LogP contribution in [0.2, 0.25) is 0 Å². The summed E-state index contributed by atoms with van der Waals surface area (Å²) in [6.45, 7) is 2.67. The standard InChI is InChI=1S/C8H13N3S2/c1-2-7-10-8(13-11-7)12-6-4-3-5-9/h3-4H,2,5-6,9H2,1H3/b4-3+. The number of aromatic nitrogens is 2. The van der Waals surface area contributed by atoms with Crippen molar-refractivity contribution in [3.63, 3.8) is 0 Å². The maximum Gasteiger partial charge on any atom is 0.170 e. The molecule has 0 atom stereocenters. The van der Waals surface area contributed by atoms with E-state index < -0.39 is 0 Å². The largest absolute Gasteiger partial charge is 0.327 e. The molecule has 2 N–H and O–H groups in total. The van der Waals surface area contributed by atoms with Crippen LogP contribution in [0.1, 0.15) is 12.7 Å². The molecule has 1 aromatic rings. The van der Waals surface area contributed by atoms with Gasteiger partial charge in [-0.25, -0.2) is 4.98 Å². The zero-order valence-corrected chi connectivity index (χ0v) is 9.20. The summed E-state index contributed by atoms with van der Waals surface area (Å²) >= 11 is 3.17. The third-order valence-corrected chi connectivity index (χ3v) is 3.20. The fourth-order valence-corrected chi connectivity index (χ4v) is 2.29. The molecule has 3 nitrogen and oxygen atoms in total. The normalized spacial score (nSPS) is 11.2. The highest BCUT2D eigenvalue weighted by Gasteiger charge is 2.00. The van der Waals surface area contributed by atoms with Crippen molar-refractivity contribution >= 4 is 23.3 Å². The summed E-state index contributed by atoms with van der Waals surface area (Å²) in [5.74, 6) is 1.87. The van der Waals surface area contributed by atoms with E-state index in [0.717, 1.165) is 22.3 Å². The predicted molar refractivity (Wildman–Crippen MR) is 58.2 cm³/mol. The number of thioether (sulfide) groups is 1. The molecule has 1 aromatic heterocycles. The van der Waals surface area contributed by atoms with Crippen molar-refractivity contribution in [1.82, 2.24) is 9.36 Å². The predicted octanol–water partition coefficient (Wildman–Crippen LogP) is 1.71. The molecule has 1 rings (SSSR count). The molecular formula is C8H13N3S2. The maximum atomic E-state index is 5.31. The van der Waals surface area contributed by atoms with Crippen LogP contribution in [0.25, 0.3) is 0 Å². The first kappa shape index (κ1) is 10.7. The van der Waals surface area contributed by atoms with E-state index in [-0.39, 0.29) is 0 Å². The summed E-state index contributed by atoms with van der Waals surface area (Å²) in [5, 5.41) is 0. The molecule has 5 heteroatoms. The summed E-state index contributed by atoms with van der Waals surface area (Å²) in [6, 6.07) is 0. The lowest BCUT2D eigenvalue weighted by Gasteiger charge is -1.88. The number of nitrogens with two attached hydrogens (primary N) is 1. The number of nitrogens with zero attached hydrogens (tertiary/aromatic N) is 2. The summed E-state index contributed by atoms with van der Waals surface area (Å²) in [6.07, 6.45) is 4.92. The van der Waals surface area contributed by atoms with Crippen molar-refractivity contribution in [2.75, 3.05) is 12.3 Å². The molecule has 13 heavy (non-hydrogen) atoms. The Bertz CT molecular complexity index is 270. The highest BCUT2D eigenvalue weighted by molar-refractivity contribution is 8.01. The molecule has 0 aromatic carbocycles. The molecule has 0 saturated carbocycles. The van der Waals surface area contributed by atoms with Gasteiger partial charge in [-0.2, -0.15) is 4.37 Å². The second-order valence-electron chi connectivity index (χ2n) is 2.35. The van der Waals surface area contributed by atoms with Crippen molar-refractivity contribution in [3.8, 4) is 0 Å². The van der Waals surface area contributed by atoms with E-state index in [1.165, 1.54) is 11.5 Å². The van der Waals surface area contributed by atoms with Gasteiger partial charge in [0.1, 0.15) is 5.82 Å². The van der Waals surface area contributed by atoms with Crippen LogP contribution >= 0.6 is 23.3 Å². The first-order valence-electron chi connectivity index (χ1n) is 4.17. The Labute approximate surface area is 86.6 Å². The quantitative estimate of drug-likeness (QED) is 0.600. The maximum absolute atomic E-state index is 5.31. The molecule has 0 radical (unpaired) electrons. The second kappa shape index (κ2) is 6.12. The van der Waals surface area contributed by atoms with Gasteiger partial charge >= 0.3 is 0 Å². The van der Waals surface area contributed by atoms with Crippen LogP contribution in [0.15, 0.2) is 16.5 Å². The lowest BCUT2D eigenvalue weighted by atomic mass is 10.5. The van der Waals surface area contributed by atoms with Crippen LogP contribution in [0.4, 0.5) is 0 Å². The van der Waals surface area contributed by atoms with Gasteiger partial charge in [0.05, 0.1) is 0 Å². The Morgan fingerprint density at radius 1 is 1.54 bits per heavy atom. The van der Waals surface area contributed by atoms with E-state index in [9.17, 15) is 0 Å². The van der Waals surface area contributed by atoms with E-state index in [4.69, 9.17) is 5.73 Å². The molecule has 0 aliphatic heterocycles. The SMILES string of the molecule is CCc1nsc(SC/C=C/CN)n1. The van der Waals surface area contributed by atoms with Gasteiger partial charge in [0, 0.05) is 18.7 Å². The van der Waals surface area contributed by atoms with Gasteiger partial charge in [-0.3, -0.25) is 0 Å². The zero-order chi connectivity index (χ0) is 9.52. The highest BCUT2D eigenvalue weighted by atomic mass is 32.2. The molecule has 0 aliphatic rings. The van der Waals surface area contributed by atoms with Gasteiger partial charge in [-0.15, -0.1) is 0 Å². The van der Waals surface area contributed by atoms with Crippen molar-refractivity contribution in [1.29, 1.82) is 0 Å². The fourth-order valence-electron chi connectivity index (χ4n) is 0.724. The first-order chi connectivity index (χ1) is 6.36. The van der Waals surface area contributed by atoms with E-state index in [2.05, 4.69) is 22.4 Å². The van der Waals surface area contributed by atoms with Gasteiger partial charge in [0.2, 0.25) is 0 Å². The Balaban J connectivity index is 2.32. The number of hydrogen-bond donors (Lipinski definition) is 1. The van der Waals surface area contributed by atoms with Gasteiger partial charge in [-0.1, -0.05) is 30.8 Å². The Morgan fingerprint density at radius 3 is 3.00 bits per heavy atom. The fraction of sp³-hybridized carbons (Fsp3) is 0.500. The summed E-state index contributed by atoms with van der Waals surface area (Å²) in [7, 11) is 0. The Kier molecular flexibility index (Phi) is 5.03. The molecule has 0 aliphatic carbocycles. The average molecular weight is 215 g/mol. The summed E-state index contributed by atoms with van der Waals surface area (Å²) < 4.78 is 5.23. The van der Waals surface area contributed by atoms with Crippen molar-refractivity contribution in [2.24, 2.45) is 5.73 Å². The molecule has 0 amide bonds. The minimum atomic E-state index is 0.608. The van der Waals surface area contributed by atoms with E-state index >= 15 is 0 Å². The van der Waals surface area contributed by atoms with Gasteiger partial charge < -0.3 is 5.73 Å². The van der Waals surface area contributed by atoms with Crippen molar-refractivity contribution in [3.05, 3.63) is 18.0 Å². The van der Waals surface area contributed by atoms with Crippen LogP contribution in [0.5, 0.6) is 0 Å². The lowest BCUT2D eigenvalue weighted by molar-refractivity contribution is 0.972. The van der Waals surface area contributed by atoms with Crippen LogP contribution in [-0.2, 0) is 6.42 Å². The first-order valence-corrected chi connectivity index (χ1v) is 5.93. The summed E-state index contributed by atoms with van der Waals surface area (Å²) in [4.78, 5) is 4.33. The minimum absolute atomic E-state index is 0.608. The highest BCUT2D eigenvalue weighted by Crippen LogP contribution is 2.19. The molecule has 0 bridgehead atoms. The van der Waals surface area contributed by atoms with Gasteiger partial charge in [0.15, 0.2) is 4.34 Å². The second-order valence-corrected chi connectivity index (χ2v) is 4.37. The monoisotopic (exact) mass is 215 g/mol. The van der Waals surface area contributed by atoms with E-state index in [0.29, 0.717) is 6.54 Å². The van der Waals surface area contributed by atoms with Crippen molar-refractivity contribution < 1.29 is 0 Å². The third kappa shape index (κ3) is 3.89. The van der Waals surface area contributed by atoms with Crippen LogP contribution in [0, 0.1) is 0 Å². The molecule has 72 valence electrons. The topological polar surface area (TPSA) is 51.8 Å². The Morgan fingerprint density at radius 2 is 2.38 bits per heavy atom. The average Bonchev–Trinajstić information content (AvgIpc) is 2.60. The Hall–Kier alpha value is -0.390. The molecule has 0 saturated heterocycles. The van der Waals surface area contributed by atoms with Crippen LogP contribution < -0.4 is 5.73 Å². The minimum Gasteiger partial charge on any atom is -0.327 e. The number of rotatable bonds is 5. The number of hydrogen-bond acceptors (Lipinski definition) is 5. The molecule has 0 fully saturated rings. The smallest absolute Gasteiger partial charge is 0.170 e. The van der Waals surface area contributed by atoms with Gasteiger partial charge in [0.25, 0.3) is 0 Å².